The van der Waals surface area contributed by atoms with Crippen LogP contribution in [0.3, 0.4) is 0 Å². The summed E-state index contributed by atoms with van der Waals surface area (Å²) in [5, 5.41) is 11.8. The second-order valence-corrected chi connectivity index (χ2v) is 8.93. The average Bonchev–Trinajstić information content (AvgIpc) is 3.01. The number of nitrogens with one attached hydrogen (secondary N) is 1. The Morgan fingerprint density at radius 3 is 2.39 bits per heavy atom. The van der Waals surface area contributed by atoms with E-state index in [2.05, 4.69) is 5.32 Å². The largest absolute Gasteiger partial charge is 0.480 e. The maximum Gasteiger partial charge on any atom is 0.321 e. The van der Waals surface area contributed by atoms with Crippen molar-refractivity contribution in [1.82, 2.24) is 9.62 Å². The number of sulfonamides is 1. The molecule has 0 saturated heterocycles. The van der Waals surface area contributed by atoms with Gasteiger partial charge in [0.15, 0.2) is 0 Å². The Bertz CT molecular complexity index is 566. The molecule has 1 amide bonds. The van der Waals surface area contributed by atoms with Gasteiger partial charge in [-0.2, -0.15) is 4.31 Å². The molecule has 0 aromatic rings. The molecule has 132 valence electrons. The van der Waals surface area contributed by atoms with Gasteiger partial charge < -0.3 is 10.4 Å². The Morgan fingerprint density at radius 1 is 1.35 bits per heavy atom. The van der Waals surface area contributed by atoms with Gasteiger partial charge in [0, 0.05) is 20.0 Å². The Balaban J connectivity index is 2.11. The number of carbonyl (C=O) groups is 2. The summed E-state index contributed by atoms with van der Waals surface area (Å²) in [6.45, 7) is 2.81. The third-order valence-electron chi connectivity index (χ3n) is 5.23. The van der Waals surface area contributed by atoms with E-state index in [0.29, 0.717) is 5.92 Å². The van der Waals surface area contributed by atoms with Crippen LogP contribution in [0.25, 0.3) is 0 Å². The van der Waals surface area contributed by atoms with E-state index in [-0.39, 0.29) is 30.2 Å². The predicted octanol–water partition coefficient (Wildman–Crippen LogP) is 0.808. The first-order valence-corrected chi connectivity index (χ1v) is 9.73. The summed E-state index contributed by atoms with van der Waals surface area (Å²) >= 11 is 0. The van der Waals surface area contributed by atoms with Gasteiger partial charge >= 0.3 is 5.97 Å². The molecule has 1 unspecified atom stereocenters. The zero-order valence-corrected chi connectivity index (χ0v) is 14.6. The lowest BCUT2D eigenvalue weighted by Crippen LogP contribution is -2.49. The van der Waals surface area contributed by atoms with Gasteiger partial charge in [0.2, 0.25) is 15.9 Å². The van der Waals surface area contributed by atoms with E-state index in [4.69, 9.17) is 0 Å². The van der Waals surface area contributed by atoms with Gasteiger partial charge in [-0.15, -0.1) is 0 Å². The van der Waals surface area contributed by atoms with Crippen molar-refractivity contribution in [2.24, 2.45) is 11.3 Å². The fourth-order valence-electron chi connectivity index (χ4n) is 4.02. The Labute approximate surface area is 137 Å². The average molecular weight is 346 g/mol. The molecule has 2 N–H and O–H groups in total. The number of carboxylic acid groups (broad SMARTS) is 1. The molecule has 7 nitrogen and oxygen atoms in total. The molecular weight excluding hydrogens is 320 g/mol. The topological polar surface area (TPSA) is 104 Å². The van der Waals surface area contributed by atoms with Gasteiger partial charge in [-0.25, -0.2) is 8.42 Å². The van der Waals surface area contributed by atoms with Gasteiger partial charge in [-0.05, 0) is 50.4 Å². The summed E-state index contributed by atoms with van der Waals surface area (Å²) in [7, 11) is -3.69. The molecule has 2 fully saturated rings. The van der Waals surface area contributed by atoms with Crippen LogP contribution in [-0.4, -0.2) is 54.6 Å². The van der Waals surface area contributed by atoms with E-state index in [0.717, 1.165) is 36.4 Å². The number of carboxylic acids is 1. The predicted molar refractivity (Wildman–Crippen MR) is 85.3 cm³/mol. The van der Waals surface area contributed by atoms with Crippen LogP contribution >= 0.6 is 0 Å². The first kappa shape index (κ1) is 18.2. The van der Waals surface area contributed by atoms with Crippen LogP contribution in [0.1, 0.15) is 46.0 Å². The maximum atomic E-state index is 12.8. The first-order valence-electron chi connectivity index (χ1n) is 8.12. The maximum absolute atomic E-state index is 12.8. The number of carbonyl (C=O) groups excluding carboxylic acids is 1. The van der Waals surface area contributed by atoms with Gasteiger partial charge in [-0.3, -0.25) is 9.59 Å². The Hall–Kier alpha value is -1.15. The first-order chi connectivity index (χ1) is 10.7. The molecule has 2 rings (SSSR count). The fraction of sp³-hybridized carbons (Fsp3) is 0.867. The number of fused-ring (bicyclic) bond motifs is 2. The number of aliphatic carboxylic acids is 1. The van der Waals surface area contributed by atoms with Crippen molar-refractivity contribution in [1.29, 1.82) is 0 Å². The second kappa shape index (κ2) is 6.76. The van der Waals surface area contributed by atoms with Crippen molar-refractivity contribution in [3.05, 3.63) is 0 Å². The number of amides is 1. The third kappa shape index (κ3) is 4.23. The molecule has 2 saturated carbocycles. The molecule has 0 spiro atoms. The monoisotopic (exact) mass is 346 g/mol. The fourth-order valence-corrected chi connectivity index (χ4v) is 6.31. The van der Waals surface area contributed by atoms with Crippen LogP contribution in [-0.2, 0) is 19.6 Å². The molecule has 0 aromatic heterocycles. The van der Waals surface area contributed by atoms with Crippen molar-refractivity contribution in [3.8, 4) is 0 Å². The van der Waals surface area contributed by atoms with Gasteiger partial charge in [0.1, 0.15) is 6.04 Å². The Kier molecular flexibility index (Phi) is 5.35. The number of hydrogen-bond donors (Lipinski definition) is 2. The van der Waals surface area contributed by atoms with Gasteiger partial charge in [0.05, 0.1) is 5.75 Å². The molecule has 2 aliphatic carbocycles. The van der Waals surface area contributed by atoms with Gasteiger partial charge in [-0.1, -0.05) is 0 Å². The highest BCUT2D eigenvalue weighted by molar-refractivity contribution is 7.89. The quantitative estimate of drug-likeness (QED) is 0.677. The highest BCUT2D eigenvalue weighted by Crippen LogP contribution is 2.54. The van der Waals surface area contributed by atoms with E-state index in [1.54, 1.807) is 0 Å². The summed E-state index contributed by atoms with van der Waals surface area (Å²) in [5.74, 6) is -0.785. The summed E-state index contributed by atoms with van der Waals surface area (Å²) in [6, 6.07) is -1.14. The van der Waals surface area contributed by atoms with E-state index in [9.17, 15) is 23.1 Å². The zero-order valence-electron chi connectivity index (χ0n) is 13.7. The van der Waals surface area contributed by atoms with Crippen LogP contribution in [0.2, 0.25) is 0 Å². The number of hydrogen-bond acceptors (Lipinski definition) is 4. The number of nitrogens with zero attached hydrogens (tertiary/aromatic N) is 1. The standard InChI is InChI=1S/C15H26N2O5S/c1-11(14(19)20)17(8-7-16-12(2)18)23(21,22)10-15-5-3-13(9-15)4-6-15/h11,13H,3-10H2,1-2H3,(H,16,18)(H,19,20). The van der Waals surface area contributed by atoms with Crippen molar-refractivity contribution in [2.45, 2.75) is 52.0 Å². The molecule has 1 atom stereocenters. The van der Waals surface area contributed by atoms with Crippen LogP contribution in [0.15, 0.2) is 0 Å². The Morgan fingerprint density at radius 2 is 1.96 bits per heavy atom. The molecule has 0 aromatic carbocycles. The van der Waals surface area contributed by atoms with E-state index < -0.39 is 22.0 Å². The second-order valence-electron chi connectivity index (χ2n) is 7.01. The molecule has 0 aliphatic heterocycles. The van der Waals surface area contributed by atoms with Crippen molar-refractivity contribution in [3.63, 3.8) is 0 Å². The summed E-state index contributed by atoms with van der Waals surface area (Å²) < 4.78 is 26.7. The smallest absolute Gasteiger partial charge is 0.321 e. The van der Waals surface area contributed by atoms with E-state index in [1.807, 2.05) is 0 Å². The van der Waals surface area contributed by atoms with Crippen LogP contribution in [0.5, 0.6) is 0 Å². The van der Waals surface area contributed by atoms with Gasteiger partial charge in [0.25, 0.3) is 0 Å². The lowest BCUT2D eigenvalue weighted by molar-refractivity contribution is -0.140. The molecule has 8 heteroatoms. The highest BCUT2D eigenvalue weighted by Gasteiger charge is 2.48. The van der Waals surface area contributed by atoms with Crippen LogP contribution in [0.4, 0.5) is 0 Å². The molecular formula is C15H26N2O5S. The van der Waals surface area contributed by atoms with Crippen LogP contribution in [0, 0.1) is 11.3 Å². The molecule has 23 heavy (non-hydrogen) atoms. The minimum atomic E-state index is -3.69. The molecule has 0 heterocycles. The minimum absolute atomic E-state index is 0.0190. The molecule has 2 aliphatic rings. The van der Waals surface area contributed by atoms with E-state index in [1.165, 1.54) is 13.8 Å². The van der Waals surface area contributed by atoms with Crippen molar-refractivity contribution in [2.75, 3.05) is 18.8 Å². The summed E-state index contributed by atoms with van der Waals surface area (Å²) in [4.78, 5) is 22.3. The summed E-state index contributed by atoms with van der Waals surface area (Å²) in [5.41, 5.74) is -0.173. The van der Waals surface area contributed by atoms with Crippen molar-refractivity contribution >= 4 is 21.9 Å². The highest BCUT2D eigenvalue weighted by atomic mass is 32.2. The lowest BCUT2D eigenvalue weighted by Gasteiger charge is -2.32. The minimum Gasteiger partial charge on any atom is -0.480 e. The molecule has 2 bridgehead atoms. The lowest BCUT2D eigenvalue weighted by atomic mass is 9.87. The van der Waals surface area contributed by atoms with Crippen molar-refractivity contribution < 1.29 is 23.1 Å². The third-order valence-corrected chi connectivity index (χ3v) is 7.42. The molecule has 0 radical (unpaired) electrons. The normalized spacial score (nSPS) is 28.0. The van der Waals surface area contributed by atoms with E-state index >= 15 is 0 Å². The zero-order chi connectivity index (χ0) is 17.3. The summed E-state index contributed by atoms with van der Waals surface area (Å²) in [6.07, 6.45) is 4.93. The number of rotatable bonds is 8. The van der Waals surface area contributed by atoms with Crippen LogP contribution < -0.4 is 5.32 Å². The SMILES string of the molecule is CC(=O)NCCN(C(C)C(=O)O)S(=O)(=O)CC12CCC(CC1)C2.